The van der Waals surface area contributed by atoms with Crippen LogP contribution in [0.25, 0.3) is 0 Å². The highest BCUT2D eigenvalue weighted by Crippen LogP contribution is 2.31. The van der Waals surface area contributed by atoms with Crippen molar-refractivity contribution in [3.63, 3.8) is 0 Å². The third-order valence-electron chi connectivity index (χ3n) is 3.13. The lowest BCUT2D eigenvalue weighted by Crippen LogP contribution is -2.50. The van der Waals surface area contributed by atoms with Gasteiger partial charge in [-0.2, -0.15) is 0 Å². The van der Waals surface area contributed by atoms with Crippen molar-refractivity contribution >= 4 is 11.8 Å². The van der Waals surface area contributed by atoms with E-state index in [0.717, 1.165) is 19.3 Å². The van der Waals surface area contributed by atoms with Gasteiger partial charge in [0.25, 0.3) is 0 Å². The molecular weight excluding hydrogens is 218 g/mol. The molecule has 1 aliphatic carbocycles. The second-order valence-corrected chi connectivity index (χ2v) is 5.19. The molecule has 0 heterocycles. The fraction of sp³-hybridized carbons (Fsp3) is 0.833. The van der Waals surface area contributed by atoms with Crippen LogP contribution >= 0.6 is 0 Å². The number of carbonyl (C=O) groups is 2. The van der Waals surface area contributed by atoms with Crippen molar-refractivity contribution in [2.24, 2.45) is 11.7 Å². The third kappa shape index (κ3) is 4.73. The smallest absolute Gasteiger partial charge is 0.222 e. The van der Waals surface area contributed by atoms with E-state index in [1.807, 2.05) is 13.8 Å². The van der Waals surface area contributed by atoms with E-state index in [2.05, 4.69) is 10.6 Å². The van der Waals surface area contributed by atoms with E-state index in [9.17, 15) is 9.59 Å². The zero-order valence-electron chi connectivity index (χ0n) is 10.7. The van der Waals surface area contributed by atoms with Gasteiger partial charge in [-0.3, -0.25) is 9.59 Å². The molecule has 98 valence electrons. The van der Waals surface area contributed by atoms with Crippen molar-refractivity contribution in [1.29, 1.82) is 0 Å². The lowest BCUT2D eigenvalue weighted by Gasteiger charge is -2.37. The van der Waals surface area contributed by atoms with Crippen LogP contribution in [0.2, 0.25) is 0 Å². The molecule has 0 bridgehead atoms. The fourth-order valence-corrected chi connectivity index (χ4v) is 1.78. The van der Waals surface area contributed by atoms with Crippen molar-refractivity contribution in [2.75, 3.05) is 13.1 Å². The van der Waals surface area contributed by atoms with E-state index in [1.54, 1.807) is 0 Å². The maximum absolute atomic E-state index is 11.5. The van der Waals surface area contributed by atoms with Gasteiger partial charge in [-0.25, -0.2) is 0 Å². The molecule has 2 amide bonds. The van der Waals surface area contributed by atoms with E-state index in [0.29, 0.717) is 19.5 Å². The molecular formula is C12H23N3O2. The Balaban J connectivity index is 2.06. The summed E-state index contributed by atoms with van der Waals surface area (Å²) in [6.45, 7) is 4.61. The SMILES string of the molecule is CC(C)C(=O)NCCNC(=O)CC1(N)CCC1. The third-order valence-corrected chi connectivity index (χ3v) is 3.13. The zero-order valence-corrected chi connectivity index (χ0v) is 10.7. The minimum Gasteiger partial charge on any atom is -0.354 e. The van der Waals surface area contributed by atoms with Crippen LogP contribution in [0.15, 0.2) is 0 Å². The first-order valence-electron chi connectivity index (χ1n) is 6.26. The second kappa shape index (κ2) is 6.00. The maximum atomic E-state index is 11.5. The Hall–Kier alpha value is -1.10. The summed E-state index contributed by atoms with van der Waals surface area (Å²) in [4.78, 5) is 22.8. The quantitative estimate of drug-likeness (QED) is 0.579. The van der Waals surface area contributed by atoms with Gasteiger partial charge in [-0.05, 0) is 19.3 Å². The minimum atomic E-state index is -0.273. The molecule has 1 saturated carbocycles. The Bertz CT molecular complexity index is 285. The zero-order chi connectivity index (χ0) is 12.9. The van der Waals surface area contributed by atoms with E-state index in [-0.39, 0.29) is 23.3 Å². The Morgan fingerprint density at radius 3 is 2.29 bits per heavy atom. The van der Waals surface area contributed by atoms with E-state index in [4.69, 9.17) is 5.73 Å². The molecule has 0 aromatic heterocycles. The van der Waals surface area contributed by atoms with E-state index < -0.39 is 0 Å². The Labute approximate surface area is 103 Å². The van der Waals surface area contributed by atoms with E-state index in [1.165, 1.54) is 0 Å². The molecule has 1 fully saturated rings. The molecule has 0 aromatic carbocycles. The molecule has 0 radical (unpaired) electrons. The number of amides is 2. The van der Waals surface area contributed by atoms with Crippen LogP contribution in [-0.4, -0.2) is 30.4 Å². The summed E-state index contributed by atoms with van der Waals surface area (Å²) in [6, 6.07) is 0. The number of nitrogens with one attached hydrogen (secondary N) is 2. The van der Waals surface area contributed by atoms with Crippen molar-refractivity contribution < 1.29 is 9.59 Å². The van der Waals surface area contributed by atoms with Gasteiger partial charge in [0.2, 0.25) is 11.8 Å². The summed E-state index contributed by atoms with van der Waals surface area (Å²) in [6.07, 6.45) is 3.38. The van der Waals surface area contributed by atoms with Gasteiger partial charge < -0.3 is 16.4 Å². The summed E-state index contributed by atoms with van der Waals surface area (Å²) < 4.78 is 0. The van der Waals surface area contributed by atoms with Crippen LogP contribution in [0, 0.1) is 5.92 Å². The fourth-order valence-electron chi connectivity index (χ4n) is 1.78. The summed E-state index contributed by atoms with van der Waals surface area (Å²) in [5.41, 5.74) is 5.69. The van der Waals surface area contributed by atoms with Crippen molar-refractivity contribution in [3.8, 4) is 0 Å². The first-order valence-corrected chi connectivity index (χ1v) is 6.26. The van der Waals surface area contributed by atoms with Gasteiger partial charge >= 0.3 is 0 Å². The number of carbonyl (C=O) groups excluding carboxylic acids is 2. The molecule has 1 rings (SSSR count). The van der Waals surface area contributed by atoms with Crippen LogP contribution in [0.1, 0.15) is 39.5 Å². The van der Waals surface area contributed by atoms with Gasteiger partial charge in [0.15, 0.2) is 0 Å². The van der Waals surface area contributed by atoms with E-state index >= 15 is 0 Å². The van der Waals surface area contributed by atoms with Gasteiger partial charge in [-0.1, -0.05) is 13.8 Å². The van der Waals surface area contributed by atoms with Gasteiger partial charge in [-0.15, -0.1) is 0 Å². The molecule has 4 N–H and O–H groups in total. The number of hydrogen-bond donors (Lipinski definition) is 3. The molecule has 5 heteroatoms. The van der Waals surface area contributed by atoms with Crippen molar-refractivity contribution in [1.82, 2.24) is 10.6 Å². The molecule has 17 heavy (non-hydrogen) atoms. The number of hydrogen-bond acceptors (Lipinski definition) is 3. The molecule has 0 saturated heterocycles. The highest BCUT2D eigenvalue weighted by molar-refractivity contribution is 5.78. The second-order valence-electron chi connectivity index (χ2n) is 5.19. The predicted octanol–water partition coefficient (Wildman–Crippen LogP) is 0.146. The number of rotatable bonds is 6. The Morgan fingerprint density at radius 1 is 1.24 bits per heavy atom. The lowest BCUT2D eigenvalue weighted by molar-refractivity contribution is -0.125. The van der Waals surface area contributed by atoms with Crippen LogP contribution in [0.3, 0.4) is 0 Å². The Morgan fingerprint density at radius 2 is 1.82 bits per heavy atom. The predicted molar refractivity (Wildman–Crippen MR) is 66.2 cm³/mol. The molecule has 0 aliphatic heterocycles. The van der Waals surface area contributed by atoms with Gasteiger partial charge in [0.05, 0.1) is 0 Å². The standard InChI is InChI=1S/C12H23N3O2/c1-9(2)11(17)15-7-6-14-10(16)8-12(13)4-3-5-12/h9H,3-8,13H2,1-2H3,(H,14,16)(H,15,17). The summed E-state index contributed by atoms with van der Waals surface area (Å²) in [7, 11) is 0. The largest absolute Gasteiger partial charge is 0.354 e. The van der Waals surface area contributed by atoms with Crippen molar-refractivity contribution in [3.05, 3.63) is 0 Å². The molecule has 5 nitrogen and oxygen atoms in total. The van der Waals surface area contributed by atoms with Crippen LogP contribution in [-0.2, 0) is 9.59 Å². The average molecular weight is 241 g/mol. The summed E-state index contributed by atoms with van der Waals surface area (Å²) >= 11 is 0. The molecule has 0 spiro atoms. The topological polar surface area (TPSA) is 84.2 Å². The lowest BCUT2D eigenvalue weighted by atomic mass is 9.75. The van der Waals surface area contributed by atoms with Gasteiger partial charge in [0, 0.05) is 31.0 Å². The Kier molecular flexibility index (Phi) is 4.93. The normalized spacial score (nSPS) is 17.4. The first kappa shape index (κ1) is 14.0. The minimum absolute atomic E-state index is 0.00790. The van der Waals surface area contributed by atoms with Crippen molar-refractivity contribution in [2.45, 2.75) is 45.1 Å². The summed E-state index contributed by atoms with van der Waals surface area (Å²) in [5.74, 6) is -0.0347. The van der Waals surface area contributed by atoms with Crippen LogP contribution in [0.4, 0.5) is 0 Å². The monoisotopic (exact) mass is 241 g/mol. The summed E-state index contributed by atoms with van der Waals surface area (Å²) in [5, 5.41) is 5.51. The maximum Gasteiger partial charge on any atom is 0.222 e. The first-order chi connectivity index (χ1) is 7.93. The molecule has 0 aromatic rings. The highest BCUT2D eigenvalue weighted by Gasteiger charge is 2.34. The number of nitrogens with two attached hydrogens (primary N) is 1. The highest BCUT2D eigenvalue weighted by atomic mass is 16.2. The average Bonchev–Trinajstić information content (AvgIpc) is 2.21. The molecule has 0 atom stereocenters. The molecule has 1 aliphatic rings. The van der Waals surface area contributed by atoms with Gasteiger partial charge in [0.1, 0.15) is 0 Å². The van der Waals surface area contributed by atoms with Crippen LogP contribution in [0.5, 0.6) is 0 Å². The molecule has 0 unspecified atom stereocenters. The van der Waals surface area contributed by atoms with Crippen LogP contribution < -0.4 is 16.4 Å².